The fourth-order valence-corrected chi connectivity index (χ4v) is 3.12. The number of aldehydes is 1. The minimum absolute atomic E-state index is 0.222. The highest BCUT2D eigenvalue weighted by molar-refractivity contribution is 5.68. The monoisotopic (exact) mass is 251 g/mol. The molecule has 2 aromatic carbocycles. The lowest BCUT2D eigenvalue weighted by molar-refractivity contribution is -0.109. The predicted molar refractivity (Wildman–Crippen MR) is 71.6 cm³/mol. The Balaban J connectivity index is 1.96. The Morgan fingerprint density at radius 2 is 1.84 bits per heavy atom. The molecule has 4 rings (SSSR count). The number of hydrogen-bond acceptors (Lipinski definition) is 3. The van der Waals surface area contributed by atoms with E-state index in [1.54, 1.807) is 0 Å². The Morgan fingerprint density at radius 3 is 2.74 bits per heavy atom. The van der Waals surface area contributed by atoms with Crippen molar-refractivity contribution in [3.05, 3.63) is 59.2 Å². The van der Waals surface area contributed by atoms with Gasteiger partial charge in [-0.05, 0) is 17.7 Å². The lowest BCUT2D eigenvalue weighted by atomic mass is 9.80. The molecule has 3 heteroatoms. The van der Waals surface area contributed by atoms with Crippen LogP contribution in [0.15, 0.2) is 42.5 Å². The van der Waals surface area contributed by atoms with Gasteiger partial charge in [-0.2, -0.15) is 0 Å². The van der Waals surface area contributed by atoms with Crippen molar-refractivity contribution in [2.24, 2.45) is 0 Å². The molecule has 2 aliphatic rings. The topological polar surface area (TPSA) is 38.3 Å². The third-order valence-electron chi connectivity index (χ3n) is 3.98. The van der Waals surface area contributed by atoms with Crippen molar-refractivity contribution in [3.8, 4) is 11.5 Å². The van der Waals surface area contributed by atoms with E-state index in [1.807, 2.05) is 36.4 Å². The second-order valence-corrected chi connectivity index (χ2v) is 4.97. The second-order valence-electron chi connectivity index (χ2n) is 4.97. The van der Waals surface area contributed by atoms with Gasteiger partial charge in [0, 0.05) is 23.6 Å². The van der Waals surface area contributed by atoms with E-state index in [-0.39, 0.29) is 12.0 Å². The van der Waals surface area contributed by atoms with Crippen LogP contribution < -0.4 is 10.1 Å². The van der Waals surface area contributed by atoms with Crippen LogP contribution in [0.2, 0.25) is 0 Å². The van der Waals surface area contributed by atoms with E-state index in [0.29, 0.717) is 0 Å². The number of nitrogens with one attached hydrogen (secondary N) is 1. The molecular weight excluding hydrogens is 238 g/mol. The molecule has 0 saturated heterocycles. The average molecular weight is 251 g/mol. The highest BCUT2D eigenvalue weighted by Crippen LogP contribution is 2.47. The van der Waals surface area contributed by atoms with E-state index in [4.69, 9.17) is 4.74 Å². The zero-order chi connectivity index (χ0) is 12.8. The third kappa shape index (κ3) is 1.45. The average Bonchev–Trinajstić information content (AvgIpc) is 2.48. The maximum Gasteiger partial charge on any atom is 0.141 e. The molecule has 3 nitrogen and oxygen atoms in total. The Morgan fingerprint density at radius 1 is 1.05 bits per heavy atom. The minimum atomic E-state index is -0.222. The van der Waals surface area contributed by atoms with Crippen LogP contribution in [0.3, 0.4) is 0 Å². The number of benzene rings is 2. The maximum atomic E-state index is 11.2. The van der Waals surface area contributed by atoms with Crippen LogP contribution in [-0.2, 0) is 4.79 Å². The lowest BCUT2D eigenvalue weighted by Crippen LogP contribution is -2.35. The first-order valence-electron chi connectivity index (χ1n) is 6.47. The Hall–Kier alpha value is -2.13. The maximum absolute atomic E-state index is 11.2. The van der Waals surface area contributed by atoms with Crippen molar-refractivity contribution >= 4 is 6.29 Å². The molecule has 19 heavy (non-hydrogen) atoms. The smallest absolute Gasteiger partial charge is 0.141 e. The summed E-state index contributed by atoms with van der Waals surface area (Å²) in [6, 6.07) is 13.8. The molecular formula is C16H13NO2. The van der Waals surface area contributed by atoms with Crippen LogP contribution in [0.4, 0.5) is 0 Å². The summed E-state index contributed by atoms with van der Waals surface area (Å²) >= 11 is 0. The van der Waals surface area contributed by atoms with Crippen molar-refractivity contribution < 1.29 is 9.53 Å². The van der Waals surface area contributed by atoms with Crippen LogP contribution >= 0.6 is 0 Å². The van der Waals surface area contributed by atoms with Gasteiger partial charge >= 0.3 is 0 Å². The molecule has 0 aliphatic carbocycles. The summed E-state index contributed by atoms with van der Waals surface area (Å²) in [5, 5.41) is 3.30. The molecule has 0 bridgehead atoms. The third-order valence-corrected chi connectivity index (χ3v) is 3.98. The van der Waals surface area contributed by atoms with E-state index in [2.05, 4.69) is 11.4 Å². The second kappa shape index (κ2) is 3.93. The van der Waals surface area contributed by atoms with Crippen LogP contribution in [0.5, 0.6) is 11.5 Å². The molecule has 2 aliphatic heterocycles. The first-order valence-corrected chi connectivity index (χ1v) is 6.47. The first kappa shape index (κ1) is 10.8. The van der Waals surface area contributed by atoms with Gasteiger partial charge in [0.1, 0.15) is 17.8 Å². The fraction of sp³-hybridized carbons (Fsp3) is 0.188. The molecule has 2 heterocycles. The summed E-state index contributed by atoms with van der Waals surface area (Å²) in [5.41, 5.74) is 3.40. The summed E-state index contributed by atoms with van der Waals surface area (Å²) in [7, 11) is 0. The van der Waals surface area contributed by atoms with Gasteiger partial charge in [-0.25, -0.2) is 0 Å². The Bertz CT molecular complexity index is 666. The first-order chi connectivity index (χ1) is 9.38. The van der Waals surface area contributed by atoms with Crippen molar-refractivity contribution in [1.29, 1.82) is 0 Å². The molecule has 94 valence electrons. The SMILES string of the molecule is O=CC1NCC2c3ccccc3Oc3cccc1c32. The number of ether oxygens (including phenoxy) is 1. The van der Waals surface area contributed by atoms with E-state index in [9.17, 15) is 4.79 Å². The van der Waals surface area contributed by atoms with Gasteiger partial charge in [-0.3, -0.25) is 0 Å². The van der Waals surface area contributed by atoms with Gasteiger partial charge < -0.3 is 14.8 Å². The van der Waals surface area contributed by atoms with E-state index < -0.39 is 0 Å². The van der Waals surface area contributed by atoms with Crippen molar-refractivity contribution in [2.75, 3.05) is 6.54 Å². The van der Waals surface area contributed by atoms with Gasteiger partial charge in [0.25, 0.3) is 0 Å². The van der Waals surface area contributed by atoms with Crippen molar-refractivity contribution in [3.63, 3.8) is 0 Å². The van der Waals surface area contributed by atoms with Crippen LogP contribution in [0, 0.1) is 0 Å². The van der Waals surface area contributed by atoms with E-state index >= 15 is 0 Å². The number of fused-ring (bicyclic) bond motifs is 2. The molecule has 2 atom stereocenters. The van der Waals surface area contributed by atoms with Crippen molar-refractivity contribution in [2.45, 2.75) is 12.0 Å². The van der Waals surface area contributed by atoms with Crippen LogP contribution in [0.25, 0.3) is 0 Å². The molecule has 0 spiro atoms. The number of para-hydroxylation sites is 1. The minimum Gasteiger partial charge on any atom is -0.457 e. The normalized spacial score (nSPS) is 22.9. The lowest BCUT2D eigenvalue weighted by Gasteiger charge is -2.35. The molecule has 1 N–H and O–H groups in total. The van der Waals surface area contributed by atoms with Gasteiger partial charge in [0.15, 0.2) is 0 Å². The molecule has 0 radical (unpaired) electrons. The summed E-state index contributed by atoms with van der Waals surface area (Å²) in [6.07, 6.45) is 0.965. The number of carbonyl (C=O) groups is 1. The summed E-state index contributed by atoms with van der Waals surface area (Å²) in [6.45, 7) is 0.772. The highest BCUT2D eigenvalue weighted by Gasteiger charge is 2.34. The standard InChI is InChI=1S/C16H13NO2/c18-9-13-11-5-3-7-15-16(11)12(8-17-13)10-4-1-2-6-14(10)19-15/h1-7,9,12-13,17H,8H2. The van der Waals surface area contributed by atoms with Gasteiger partial charge in [-0.1, -0.05) is 30.3 Å². The Kier molecular flexibility index (Phi) is 2.23. The molecule has 2 unspecified atom stereocenters. The molecule has 0 saturated carbocycles. The zero-order valence-corrected chi connectivity index (χ0v) is 10.3. The summed E-state index contributed by atoms with van der Waals surface area (Å²) in [5.74, 6) is 2.07. The number of carbonyl (C=O) groups excluding carboxylic acids is 1. The van der Waals surface area contributed by atoms with Crippen molar-refractivity contribution in [1.82, 2.24) is 5.32 Å². The highest BCUT2D eigenvalue weighted by atomic mass is 16.5. The van der Waals surface area contributed by atoms with Crippen LogP contribution in [0.1, 0.15) is 28.7 Å². The van der Waals surface area contributed by atoms with Gasteiger partial charge in [-0.15, -0.1) is 0 Å². The predicted octanol–water partition coefficient (Wildman–Crippen LogP) is 2.77. The quantitative estimate of drug-likeness (QED) is 0.792. The fourth-order valence-electron chi connectivity index (χ4n) is 3.12. The summed E-state index contributed by atoms with van der Waals surface area (Å²) < 4.78 is 5.97. The number of rotatable bonds is 1. The molecule has 0 aromatic heterocycles. The van der Waals surface area contributed by atoms with E-state index in [0.717, 1.165) is 35.5 Å². The largest absolute Gasteiger partial charge is 0.457 e. The van der Waals surface area contributed by atoms with Crippen LogP contribution in [-0.4, -0.2) is 12.8 Å². The molecule has 2 aromatic rings. The number of hydrogen-bond donors (Lipinski definition) is 1. The molecule has 0 amide bonds. The molecule has 0 fully saturated rings. The van der Waals surface area contributed by atoms with E-state index in [1.165, 1.54) is 5.56 Å². The summed E-state index contributed by atoms with van der Waals surface area (Å²) in [4.78, 5) is 11.2. The Labute approximate surface area is 111 Å². The van der Waals surface area contributed by atoms with Gasteiger partial charge in [0.05, 0.1) is 6.04 Å². The zero-order valence-electron chi connectivity index (χ0n) is 10.3. The van der Waals surface area contributed by atoms with Gasteiger partial charge in [0.2, 0.25) is 0 Å².